The maximum absolute atomic E-state index is 11.9. The third kappa shape index (κ3) is 4.56. The number of carbonyl (C=O) groups excluding carboxylic acids is 1. The van der Waals surface area contributed by atoms with Crippen LogP contribution in [0.2, 0.25) is 0 Å². The lowest BCUT2D eigenvalue weighted by atomic mass is 10.2. The third-order valence-corrected chi connectivity index (χ3v) is 5.23. The van der Waals surface area contributed by atoms with Crippen LogP contribution in [0.4, 0.5) is 10.6 Å². The Morgan fingerprint density at radius 2 is 1.92 bits per heavy atom. The number of nitrogens with zero attached hydrogens (tertiary/aromatic N) is 3. The highest BCUT2D eigenvalue weighted by molar-refractivity contribution is 7.89. The molecule has 0 radical (unpaired) electrons. The number of anilines is 1. The Kier molecular flexibility index (Phi) is 5.58. The van der Waals surface area contributed by atoms with E-state index in [2.05, 4.69) is 15.7 Å². The first-order valence-corrected chi connectivity index (χ1v) is 8.95. The summed E-state index contributed by atoms with van der Waals surface area (Å²) < 4.78 is 25.9. The number of aryl methyl sites for hydroxylation is 1. The average molecular weight is 351 g/mol. The van der Waals surface area contributed by atoms with Gasteiger partial charge in [0, 0.05) is 39.3 Å². The topological polar surface area (TPSA) is 96.3 Å². The molecule has 1 aromatic carbocycles. The summed E-state index contributed by atoms with van der Waals surface area (Å²) >= 11 is 0. The van der Waals surface area contributed by atoms with Crippen molar-refractivity contribution in [2.75, 3.05) is 31.7 Å². The number of nitrogens with one attached hydrogen (secondary N) is 2. The second-order valence-corrected chi connectivity index (χ2v) is 7.69. The van der Waals surface area contributed by atoms with Crippen LogP contribution in [0.15, 0.2) is 36.4 Å². The lowest BCUT2D eigenvalue weighted by Crippen LogP contribution is -2.36. The van der Waals surface area contributed by atoms with E-state index < -0.39 is 16.1 Å². The van der Waals surface area contributed by atoms with Crippen molar-refractivity contribution in [1.82, 2.24) is 19.4 Å². The number of hydrogen-bond acceptors (Lipinski definition) is 4. The van der Waals surface area contributed by atoms with Crippen LogP contribution in [0, 0.1) is 0 Å². The van der Waals surface area contributed by atoms with Gasteiger partial charge in [0.05, 0.1) is 11.4 Å². The normalized spacial score (nSPS) is 11.5. The monoisotopic (exact) mass is 351 g/mol. The summed E-state index contributed by atoms with van der Waals surface area (Å²) in [6.07, 6.45) is 0. The summed E-state index contributed by atoms with van der Waals surface area (Å²) in [6, 6.07) is 10.9. The summed E-state index contributed by atoms with van der Waals surface area (Å²) in [7, 11) is 1.30. The van der Waals surface area contributed by atoms with Gasteiger partial charge in [-0.25, -0.2) is 17.5 Å². The van der Waals surface area contributed by atoms with E-state index >= 15 is 0 Å². The zero-order chi connectivity index (χ0) is 17.7. The second kappa shape index (κ2) is 7.45. The fourth-order valence-corrected chi connectivity index (χ4v) is 2.70. The zero-order valence-corrected chi connectivity index (χ0v) is 14.7. The first-order chi connectivity index (χ1) is 11.3. The minimum absolute atomic E-state index is 0.0236. The molecule has 1 aromatic heterocycles. The number of amides is 2. The Hall–Kier alpha value is -2.39. The summed E-state index contributed by atoms with van der Waals surface area (Å²) in [6.45, 7) is 0.0236. The van der Waals surface area contributed by atoms with Gasteiger partial charge in [-0.3, -0.25) is 10.00 Å². The molecule has 0 saturated heterocycles. The van der Waals surface area contributed by atoms with Gasteiger partial charge in [0.15, 0.2) is 0 Å². The van der Waals surface area contributed by atoms with Crippen LogP contribution in [0.3, 0.4) is 0 Å². The number of rotatable bonds is 6. The molecule has 0 unspecified atom stereocenters. The first kappa shape index (κ1) is 18.0. The molecule has 0 fully saturated rings. The maximum atomic E-state index is 11.9. The van der Waals surface area contributed by atoms with Crippen LogP contribution < -0.4 is 10.6 Å². The van der Waals surface area contributed by atoms with Gasteiger partial charge in [0.25, 0.3) is 0 Å². The Morgan fingerprint density at radius 3 is 2.54 bits per heavy atom. The van der Waals surface area contributed by atoms with Crippen molar-refractivity contribution in [1.29, 1.82) is 0 Å². The number of carbonyl (C=O) groups is 1. The van der Waals surface area contributed by atoms with Crippen molar-refractivity contribution in [2.45, 2.75) is 0 Å². The Bertz CT molecular complexity index is 800. The SMILES string of the molecule is CN(C)S(=O)(=O)CCNC(=O)Nc1cc(-c2ccccc2)nn1C. The summed E-state index contributed by atoms with van der Waals surface area (Å²) in [5, 5.41) is 9.53. The Labute approximate surface area is 141 Å². The molecule has 0 aliphatic rings. The number of aromatic nitrogens is 2. The average Bonchev–Trinajstić information content (AvgIpc) is 2.89. The van der Waals surface area contributed by atoms with Gasteiger partial charge in [0.1, 0.15) is 5.82 Å². The highest BCUT2D eigenvalue weighted by Crippen LogP contribution is 2.20. The smallest absolute Gasteiger partial charge is 0.320 e. The third-order valence-electron chi connectivity index (χ3n) is 3.39. The number of urea groups is 1. The summed E-state index contributed by atoms with van der Waals surface area (Å²) in [5.74, 6) is 0.357. The second-order valence-electron chi connectivity index (χ2n) is 5.38. The molecular formula is C15H21N5O3S. The van der Waals surface area contributed by atoms with Crippen LogP contribution in [-0.4, -0.2) is 54.9 Å². The molecule has 130 valence electrons. The maximum Gasteiger partial charge on any atom is 0.320 e. The quantitative estimate of drug-likeness (QED) is 0.814. The fourth-order valence-electron chi connectivity index (χ4n) is 1.97. The van der Waals surface area contributed by atoms with E-state index in [9.17, 15) is 13.2 Å². The fraction of sp³-hybridized carbons (Fsp3) is 0.333. The molecule has 2 aromatic rings. The molecule has 0 aliphatic carbocycles. The van der Waals surface area contributed by atoms with E-state index in [1.165, 1.54) is 14.1 Å². The van der Waals surface area contributed by atoms with Gasteiger partial charge in [-0.1, -0.05) is 30.3 Å². The molecule has 0 aliphatic heterocycles. The van der Waals surface area contributed by atoms with Gasteiger partial charge in [-0.15, -0.1) is 0 Å². The van der Waals surface area contributed by atoms with E-state index in [1.807, 2.05) is 30.3 Å². The highest BCUT2D eigenvalue weighted by Gasteiger charge is 2.14. The molecule has 24 heavy (non-hydrogen) atoms. The van der Waals surface area contributed by atoms with Crippen molar-refractivity contribution in [3.8, 4) is 11.3 Å². The molecule has 0 bridgehead atoms. The van der Waals surface area contributed by atoms with Crippen LogP contribution in [0.1, 0.15) is 0 Å². The van der Waals surface area contributed by atoms with E-state index in [1.54, 1.807) is 17.8 Å². The molecule has 2 N–H and O–H groups in total. The van der Waals surface area contributed by atoms with Gasteiger partial charge in [0.2, 0.25) is 10.0 Å². The lowest BCUT2D eigenvalue weighted by molar-refractivity contribution is 0.252. The van der Waals surface area contributed by atoms with Crippen LogP contribution in [-0.2, 0) is 17.1 Å². The molecule has 0 atom stereocenters. The largest absolute Gasteiger partial charge is 0.337 e. The molecule has 8 nitrogen and oxygen atoms in total. The Balaban J connectivity index is 1.94. The molecule has 0 saturated carbocycles. The standard InChI is InChI=1S/C15H21N5O3S/c1-19(2)24(22,23)10-9-16-15(21)17-14-11-13(18-20(14)3)12-7-5-4-6-8-12/h4-8,11H,9-10H2,1-3H3,(H2,16,17,21). The van der Waals surface area contributed by atoms with Crippen molar-refractivity contribution < 1.29 is 13.2 Å². The number of hydrogen-bond donors (Lipinski definition) is 2. The molecule has 1 heterocycles. The van der Waals surface area contributed by atoms with E-state index in [0.717, 1.165) is 15.6 Å². The van der Waals surface area contributed by atoms with Gasteiger partial charge in [-0.2, -0.15) is 5.10 Å². The molecular weight excluding hydrogens is 330 g/mol. The van der Waals surface area contributed by atoms with Crippen LogP contribution in [0.5, 0.6) is 0 Å². The van der Waals surface area contributed by atoms with Crippen molar-refractivity contribution >= 4 is 21.9 Å². The van der Waals surface area contributed by atoms with Crippen molar-refractivity contribution in [3.63, 3.8) is 0 Å². The highest BCUT2D eigenvalue weighted by atomic mass is 32.2. The molecule has 2 amide bonds. The first-order valence-electron chi connectivity index (χ1n) is 7.34. The van der Waals surface area contributed by atoms with Gasteiger partial charge in [-0.05, 0) is 0 Å². The van der Waals surface area contributed by atoms with E-state index in [0.29, 0.717) is 5.82 Å². The minimum Gasteiger partial charge on any atom is -0.337 e. The number of benzene rings is 1. The van der Waals surface area contributed by atoms with Crippen molar-refractivity contribution in [2.24, 2.45) is 7.05 Å². The van der Waals surface area contributed by atoms with Gasteiger partial charge >= 0.3 is 6.03 Å². The molecule has 0 spiro atoms. The summed E-state index contributed by atoms with van der Waals surface area (Å²) in [4.78, 5) is 11.9. The molecule has 2 rings (SSSR count). The van der Waals surface area contributed by atoms with Crippen LogP contribution in [0.25, 0.3) is 11.3 Å². The predicted octanol–water partition coefficient (Wildman–Crippen LogP) is 1.10. The van der Waals surface area contributed by atoms with Crippen molar-refractivity contribution in [3.05, 3.63) is 36.4 Å². The lowest BCUT2D eigenvalue weighted by Gasteiger charge is -2.12. The van der Waals surface area contributed by atoms with E-state index in [4.69, 9.17) is 0 Å². The summed E-state index contributed by atoms with van der Waals surface area (Å²) in [5.41, 5.74) is 1.68. The van der Waals surface area contributed by atoms with Gasteiger partial charge < -0.3 is 5.32 Å². The predicted molar refractivity (Wildman–Crippen MR) is 93.1 cm³/mol. The van der Waals surface area contributed by atoms with Crippen LogP contribution >= 0.6 is 0 Å². The molecule has 9 heteroatoms. The number of sulfonamides is 1. The minimum atomic E-state index is -3.33. The Morgan fingerprint density at radius 1 is 1.25 bits per heavy atom. The van der Waals surface area contributed by atoms with E-state index in [-0.39, 0.29) is 12.3 Å². The zero-order valence-electron chi connectivity index (χ0n) is 13.9.